The van der Waals surface area contributed by atoms with Gasteiger partial charge >= 0.3 is 0 Å². The second kappa shape index (κ2) is 6.52. The van der Waals surface area contributed by atoms with E-state index in [2.05, 4.69) is 17.2 Å². The van der Waals surface area contributed by atoms with Crippen LogP contribution in [-0.2, 0) is 0 Å². The molecule has 104 valence electrons. The molecule has 0 spiro atoms. The molecule has 1 saturated heterocycles. The van der Waals surface area contributed by atoms with Gasteiger partial charge in [-0.25, -0.2) is 4.98 Å². The summed E-state index contributed by atoms with van der Waals surface area (Å²) in [6.07, 6.45) is 3.79. The Balaban J connectivity index is 2.10. The SMILES string of the molecule is CCNC1CCCN(C(=O)c2cccnc2OC)C1. The summed E-state index contributed by atoms with van der Waals surface area (Å²) >= 11 is 0. The fourth-order valence-electron chi connectivity index (χ4n) is 2.50. The first-order valence-corrected chi connectivity index (χ1v) is 6.78. The second-order valence-corrected chi connectivity index (χ2v) is 4.71. The fourth-order valence-corrected chi connectivity index (χ4v) is 2.50. The lowest BCUT2D eigenvalue weighted by Gasteiger charge is -2.33. The van der Waals surface area contributed by atoms with Gasteiger partial charge in [-0.3, -0.25) is 4.79 Å². The third-order valence-corrected chi connectivity index (χ3v) is 3.40. The molecule has 19 heavy (non-hydrogen) atoms. The monoisotopic (exact) mass is 263 g/mol. The van der Waals surface area contributed by atoms with Crippen LogP contribution in [0.3, 0.4) is 0 Å². The summed E-state index contributed by atoms with van der Waals surface area (Å²) in [6.45, 7) is 4.58. The maximum absolute atomic E-state index is 12.5. The molecule has 1 fully saturated rings. The second-order valence-electron chi connectivity index (χ2n) is 4.71. The molecule has 2 rings (SSSR count). The molecule has 1 aromatic rings. The number of amides is 1. The molecule has 1 amide bonds. The van der Waals surface area contributed by atoms with Crippen LogP contribution in [-0.4, -0.2) is 48.6 Å². The van der Waals surface area contributed by atoms with Crippen LogP contribution in [0.2, 0.25) is 0 Å². The maximum Gasteiger partial charge on any atom is 0.259 e. The van der Waals surface area contributed by atoms with Crippen LogP contribution in [0.15, 0.2) is 18.3 Å². The molecule has 1 N–H and O–H groups in total. The fraction of sp³-hybridized carbons (Fsp3) is 0.571. The van der Waals surface area contributed by atoms with Crippen molar-refractivity contribution in [2.45, 2.75) is 25.8 Å². The zero-order valence-corrected chi connectivity index (χ0v) is 11.6. The van der Waals surface area contributed by atoms with Crippen molar-refractivity contribution in [1.29, 1.82) is 0 Å². The first-order chi connectivity index (χ1) is 9.26. The summed E-state index contributed by atoms with van der Waals surface area (Å²) in [6, 6.07) is 3.93. The molecule has 1 aromatic heterocycles. The number of piperidine rings is 1. The number of pyridine rings is 1. The number of aromatic nitrogens is 1. The summed E-state index contributed by atoms with van der Waals surface area (Å²) in [5, 5.41) is 3.41. The Kier molecular flexibility index (Phi) is 4.74. The molecule has 1 unspecified atom stereocenters. The number of ether oxygens (including phenoxy) is 1. The highest BCUT2D eigenvalue weighted by molar-refractivity contribution is 5.96. The average Bonchev–Trinajstić information content (AvgIpc) is 2.47. The first kappa shape index (κ1) is 13.8. The lowest BCUT2D eigenvalue weighted by atomic mass is 10.0. The van der Waals surface area contributed by atoms with Crippen LogP contribution >= 0.6 is 0 Å². The first-order valence-electron chi connectivity index (χ1n) is 6.78. The van der Waals surface area contributed by atoms with Crippen LogP contribution in [0, 0.1) is 0 Å². The van der Waals surface area contributed by atoms with E-state index < -0.39 is 0 Å². The Bertz CT molecular complexity index is 434. The predicted molar refractivity (Wildman–Crippen MR) is 73.4 cm³/mol. The van der Waals surface area contributed by atoms with Crippen molar-refractivity contribution in [2.75, 3.05) is 26.7 Å². The Morgan fingerprint density at radius 2 is 2.47 bits per heavy atom. The Morgan fingerprint density at radius 1 is 1.63 bits per heavy atom. The van der Waals surface area contributed by atoms with E-state index in [1.807, 2.05) is 4.90 Å². The van der Waals surface area contributed by atoms with Crippen LogP contribution in [0.1, 0.15) is 30.1 Å². The van der Waals surface area contributed by atoms with E-state index >= 15 is 0 Å². The highest BCUT2D eigenvalue weighted by Gasteiger charge is 2.25. The minimum atomic E-state index is 0.00699. The van der Waals surface area contributed by atoms with Gasteiger partial charge in [0.25, 0.3) is 5.91 Å². The normalized spacial score (nSPS) is 19.3. The summed E-state index contributed by atoms with van der Waals surface area (Å²) in [7, 11) is 1.54. The lowest BCUT2D eigenvalue weighted by molar-refractivity contribution is 0.0691. The highest BCUT2D eigenvalue weighted by Crippen LogP contribution is 2.19. The van der Waals surface area contributed by atoms with E-state index in [4.69, 9.17) is 4.74 Å². The van der Waals surface area contributed by atoms with E-state index in [1.165, 1.54) is 7.11 Å². The van der Waals surface area contributed by atoms with Gasteiger partial charge in [-0.05, 0) is 31.5 Å². The highest BCUT2D eigenvalue weighted by atomic mass is 16.5. The standard InChI is InChI=1S/C14H21N3O2/c1-3-15-11-6-5-9-17(10-11)14(18)12-7-4-8-16-13(12)19-2/h4,7-8,11,15H,3,5-6,9-10H2,1-2H3. The molecule has 0 saturated carbocycles. The van der Waals surface area contributed by atoms with Gasteiger partial charge in [0.15, 0.2) is 0 Å². The van der Waals surface area contributed by atoms with Gasteiger partial charge in [0.1, 0.15) is 5.56 Å². The van der Waals surface area contributed by atoms with Crippen molar-refractivity contribution >= 4 is 5.91 Å². The van der Waals surface area contributed by atoms with Gasteiger partial charge in [-0.1, -0.05) is 6.92 Å². The van der Waals surface area contributed by atoms with Crippen molar-refractivity contribution in [2.24, 2.45) is 0 Å². The molecule has 0 aliphatic carbocycles. The molecular formula is C14H21N3O2. The number of hydrogen-bond donors (Lipinski definition) is 1. The number of likely N-dealkylation sites (tertiary alicyclic amines) is 1. The number of rotatable bonds is 4. The number of nitrogens with zero attached hydrogens (tertiary/aromatic N) is 2. The Hall–Kier alpha value is -1.62. The smallest absolute Gasteiger partial charge is 0.259 e. The molecule has 0 radical (unpaired) electrons. The molecule has 5 nitrogen and oxygen atoms in total. The molecule has 1 aliphatic heterocycles. The summed E-state index contributed by atoms with van der Waals surface area (Å²) in [4.78, 5) is 18.5. The van der Waals surface area contributed by atoms with E-state index in [0.717, 1.165) is 32.5 Å². The van der Waals surface area contributed by atoms with Gasteiger partial charge in [0, 0.05) is 25.3 Å². The topological polar surface area (TPSA) is 54.5 Å². The van der Waals surface area contributed by atoms with Crippen LogP contribution in [0.5, 0.6) is 5.88 Å². The minimum Gasteiger partial charge on any atom is -0.480 e. The molecule has 1 atom stereocenters. The summed E-state index contributed by atoms with van der Waals surface area (Å²) in [5.74, 6) is 0.408. The van der Waals surface area contributed by atoms with Gasteiger partial charge in [-0.15, -0.1) is 0 Å². The van der Waals surface area contributed by atoms with E-state index in [-0.39, 0.29) is 5.91 Å². The molecule has 0 aromatic carbocycles. The zero-order valence-electron chi connectivity index (χ0n) is 11.6. The van der Waals surface area contributed by atoms with Gasteiger partial charge < -0.3 is 15.0 Å². The summed E-state index contributed by atoms with van der Waals surface area (Å²) in [5.41, 5.74) is 0.544. The Labute approximate surface area is 114 Å². The van der Waals surface area contributed by atoms with Crippen molar-refractivity contribution in [1.82, 2.24) is 15.2 Å². The molecule has 0 bridgehead atoms. The van der Waals surface area contributed by atoms with Crippen molar-refractivity contribution in [3.8, 4) is 5.88 Å². The van der Waals surface area contributed by atoms with Crippen molar-refractivity contribution in [3.63, 3.8) is 0 Å². The molecule has 2 heterocycles. The Morgan fingerprint density at radius 3 is 3.21 bits per heavy atom. The summed E-state index contributed by atoms with van der Waals surface area (Å²) < 4.78 is 5.16. The molecular weight excluding hydrogens is 242 g/mol. The van der Waals surface area contributed by atoms with Crippen LogP contribution < -0.4 is 10.1 Å². The lowest BCUT2D eigenvalue weighted by Crippen LogP contribution is -2.48. The van der Waals surface area contributed by atoms with Gasteiger partial charge in [0.2, 0.25) is 5.88 Å². The molecule has 1 aliphatic rings. The third kappa shape index (κ3) is 3.23. The minimum absolute atomic E-state index is 0.00699. The number of nitrogens with one attached hydrogen (secondary N) is 1. The molecule has 5 heteroatoms. The number of carbonyl (C=O) groups is 1. The number of carbonyl (C=O) groups excluding carboxylic acids is 1. The van der Waals surface area contributed by atoms with Gasteiger partial charge in [-0.2, -0.15) is 0 Å². The third-order valence-electron chi connectivity index (χ3n) is 3.40. The number of likely N-dealkylation sites (N-methyl/N-ethyl adjacent to an activating group) is 1. The average molecular weight is 263 g/mol. The van der Waals surface area contributed by atoms with Crippen molar-refractivity contribution in [3.05, 3.63) is 23.9 Å². The van der Waals surface area contributed by atoms with Crippen molar-refractivity contribution < 1.29 is 9.53 Å². The largest absolute Gasteiger partial charge is 0.480 e. The zero-order chi connectivity index (χ0) is 13.7. The number of hydrogen-bond acceptors (Lipinski definition) is 4. The van der Waals surface area contributed by atoms with E-state index in [1.54, 1.807) is 18.3 Å². The van der Waals surface area contributed by atoms with Crippen LogP contribution in [0.25, 0.3) is 0 Å². The quantitative estimate of drug-likeness (QED) is 0.889. The van der Waals surface area contributed by atoms with Gasteiger partial charge in [0.05, 0.1) is 7.11 Å². The van der Waals surface area contributed by atoms with E-state index in [0.29, 0.717) is 17.5 Å². The number of methoxy groups -OCH3 is 1. The van der Waals surface area contributed by atoms with E-state index in [9.17, 15) is 4.79 Å². The van der Waals surface area contributed by atoms with Crippen LogP contribution in [0.4, 0.5) is 0 Å². The maximum atomic E-state index is 12.5. The predicted octanol–water partition coefficient (Wildman–Crippen LogP) is 1.30.